The molecular formula is C46H52N2. The largest absolute Gasteiger partial charge is 0.342 e. The quantitative estimate of drug-likeness (QED) is 0.318. The van der Waals surface area contributed by atoms with Gasteiger partial charge in [0.15, 0.2) is 0 Å². The van der Waals surface area contributed by atoms with E-state index < -0.39 is 0 Å². The van der Waals surface area contributed by atoms with Gasteiger partial charge in [-0.1, -0.05) is 106 Å². The van der Waals surface area contributed by atoms with Gasteiger partial charge in [0, 0.05) is 22.8 Å². The second-order valence-electron chi connectivity index (χ2n) is 16.1. The Kier molecular flexibility index (Phi) is 7.55. The molecule has 7 aliphatic rings. The van der Waals surface area contributed by atoms with Gasteiger partial charge < -0.3 is 9.47 Å². The standard InChI is InChI=1S/C46H52N2/c1-31-13-12-19-41-40-18-10-11-20-44(40)48(45(31)41)37-26-28-39-38-27-25-36(29-42(38)46(2,3)43(39)30-37)47(34-16-8-5-9-17-34)35-23-21-33(22-24-35)32-14-6-4-7-15-32/h4,6-7,10,14-16,18,21-23,25,27-28,30-31,35,37,42H,5,8-9,11-13,17,19-20,24,26,29H2,1-3H3. The second kappa shape index (κ2) is 12.0. The summed E-state index contributed by atoms with van der Waals surface area (Å²) in [4.78, 5) is 2.76. The van der Waals surface area contributed by atoms with Gasteiger partial charge in [-0.25, -0.2) is 0 Å². The molecule has 2 nitrogen and oxygen atoms in total. The van der Waals surface area contributed by atoms with Gasteiger partial charge in [0.1, 0.15) is 0 Å². The smallest absolute Gasteiger partial charge is 0.0557 e. The van der Waals surface area contributed by atoms with E-state index in [4.69, 9.17) is 0 Å². The van der Waals surface area contributed by atoms with Crippen LogP contribution in [-0.2, 0) is 12.8 Å². The van der Waals surface area contributed by atoms with Crippen LogP contribution in [-0.4, -0.2) is 15.5 Å². The Hall–Kier alpha value is -3.78. The molecule has 1 fully saturated rings. The second-order valence-corrected chi connectivity index (χ2v) is 16.1. The fourth-order valence-electron chi connectivity index (χ4n) is 10.5. The lowest BCUT2D eigenvalue weighted by molar-refractivity contribution is 0.275. The minimum atomic E-state index is 0.101. The zero-order valence-corrected chi connectivity index (χ0v) is 29.3. The molecule has 1 aromatic carbocycles. The molecule has 48 heavy (non-hydrogen) atoms. The molecule has 246 valence electrons. The molecule has 0 amide bonds. The molecule has 0 bridgehead atoms. The normalized spacial score (nSPS) is 28.5. The highest BCUT2D eigenvalue weighted by molar-refractivity contribution is 5.75. The molecule has 9 rings (SSSR count). The topological polar surface area (TPSA) is 8.17 Å². The number of benzene rings is 1. The number of aromatic nitrogens is 1. The van der Waals surface area contributed by atoms with Crippen molar-refractivity contribution in [1.29, 1.82) is 0 Å². The van der Waals surface area contributed by atoms with Gasteiger partial charge in [-0.3, -0.25) is 0 Å². The number of rotatable bonds is 5. The van der Waals surface area contributed by atoms with Crippen molar-refractivity contribution in [2.24, 2.45) is 11.3 Å². The molecule has 1 heterocycles. The van der Waals surface area contributed by atoms with E-state index in [9.17, 15) is 0 Å². The summed E-state index contributed by atoms with van der Waals surface area (Å²) in [5, 5.41) is 0. The van der Waals surface area contributed by atoms with Crippen LogP contribution in [0.3, 0.4) is 0 Å². The maximum atomic E-state index is 2.85. The highest BCUT2D eigenvalue weighted by Gasteiger charge is 2.48. The Bertz CT molecular complexity index is 1880. The molecule has 4 unspecified atom stereocenters. The molecular weight excluding hydrogens is 581 g/mol. The summed E-state index contributed by atoms with van der Waals surface area (Å²) in [5.74, 6) is 1.16. The summed E-state index contributed by atoms with van der Waals surface area (Å²) in [6, 6.07) is 11.7. The first-order valence-electron chi connectivity index (χ1n) is 19.2. The molecule has 1 aromatic heterocycles. The fourth-order valence-corrected chi connectivity index (χ4v) is 10.5. The first kappa shape index (κ1) is 30.3. The molecule has 0 radical (unpaired) electrons. The highest BCUT2D eigenvalue weighted by atomic mass is 15.2. The van der Waals surface area contributed by atoms with Gasteiger partial charge in [0.05, 0.1) is 12.1 Å². The van der Waals surface area contributed by atoms with Crippen molar-refractivity contribution in [2.75, 3.05) is 0 Å². The molecule has 0 saturated heterocycles. The average molecular weight is 633 g/mol. The maximum absolute atomic E-state index is 2.85. The van der Waals surface area contributed by atoms with Crippen LogP contribution in [0.15, 0.2) is 113 Å². The van der Waals surface area contributed by atoms with Crippen LogP contribution in [0, 0.1) is 11.3 Å². The van der Waals surface area contributed by atoms with Gasteiger partial charge in [-0.15, -0.1) is 0 Å². The van der Waals surface area contributed by atoms with Crippen LogP contribution in [0.25, 0.3) is 11.6 Å². The Balaban J connectivity index is 1.03. The Labute approximate surface area is 288 Å². The number of hydrogen-bond donors (Lipinski definition) is 0. The minimum absolute atomic E-state index is 0.101. The van der Waals surface area contributed by atoms with Crippen LogP contribution < -0.4 is 0 Å². The monoisotopic (exact) mass is 632 g/mol. The lowest BCUT2D eigenvalue weighted by Gasteiger charge is -2.41. The lowest BCUT2D eigenvalue weighted by atomic mass is 9.73. The maximum Gasteiger partial charge on any atom is 0.0557 e. The zero-order valence-electron chi connectivity index (χ0n) is 29.3. The van der Waals surface area contributed by atoms with Gasteiger partial charge in [0.2, 0.25) is 0 Å². The first-order chi connectivity index (χ1) is 23.5. The van der Waals surface area contributed by atoms with E-state index in [0.29, 0.717) is 23.9 Å². The summed E-state index contributed by atoms with van der Waals surface area (Å²) in [6.07, 6.45) is 39.8. The SMILES string of the molecule is CC1CCCc2c3c(n(C4C=C5C(=CC4)C4=CC=C(N(C6=CCCCC6)C6C=CC(c7ccccc7)=CC6)CC4C5(C)C)c21)CCC=C3. The van der Waals surface area contributed by atoms with Crippen molar-refractivity contribution in [3.05, 3.63) is 141 Å². The summed E-state index contributed by atoms with van der Waals surface area (Å²) < 4.78 is 2.85. The van der Waals surface area contributed by atoms with Gasteiger partial charge in [-0.2, -0.15) is 0 Å². The van der Waals surface area contributed by atoms with E-state index in [2.05, 4.69) is 121 Å². The van der Waals surface area contributed by atoms with E-state index >= 15 is 0 Å². The van der Waals surface area contributed by atoms with Gasteiger partial charge in [-0.05, 0) is 139 Å². The van der Waals surface area contributed by atoms with Crippen molar-refractivity contribution in [2.45, 2.75) is 116 Å². The van der Waals surface area contributed by atoms with Crippen molar-refractivity contribution >= 4 is 11.6 Å². The van der Waals surface area contributed by atoms with Crippen molar-refractivity contribution in [1.82, 2.24) is 9.47 Å². The van der Waals surface area contributed by atoms with E-state index in [0.717, 1.165) is 19.3 Å². The fraction of sp³-hybridized carbons (Fsp3) is 0.435. The van der Waals surface area contributed by atoms with Crippen molar-refractivity contribution in [3.63, 3.8) is 0 Å². The summed E-state index contributed by atoms with van der Waals surface area (Å²) >= 11 is 0. The predicted octanol–water partition coefficient (Wildman–Crippen LogP) is 11.7. The Morgan fingerprint density at radius 3 is 2.56 bits per heavy atom. The van der Waals surface area contributed by atoms with Crippen molar-refractivity contribution in [3.8, 4) is 0 Å². The minimum Gasteiger partial charge on any atom is -0.342 e. The third-order valence-electron chi connectivity index (χ3n) is 12.9. The first-order valence-corrected chi connectivity index (χ1v) is 19.2. The van der Waals surface area contributed by atoms with Crippen molar-refractivity contribution < 1.29 is 0 Å². The Morgan fingerprint density at radius 1 is 0.854 bits per heavy atom. The third kappa shape index (κ3) is 4.88. The molecule has 2 heteroatoms. The third-order valence-corrected chi connectivity index (χ3v) is 12.9. The molecule has 0 N–H and O–H groups in total. The molecule has 0 spiro atoms. The number of nitrogens with zero attached hydrogens (tertiary/aromatic N) is 2. The highest BCUT2D eigenvalue weighted by Crippen LogP contribution is 2.59. The van der Waals surface area contributed by atoms with Crippen LogP contribution >= 0.6 is 0 Å². The molecule has 7 aliphatic carbocycles. The molecule has 2 aromatic rings. The number of hydrogen-bond acceptors (Lipinski definition) is 1. The number of allylic oxidation sites excluding steroid dienone is 13. The Morgan fingerprint density at radius 2 is 1.75 bits per heavy atom. The zero-order chi connectivity index (χ0) is 32.4. The molecule has 1 saturated carbocycles. The van der Waals surface area contributed by atoms with Crippen LogP contribution in [0.1, 0.15) is 125 Å². The van der Waals surface area contributed by atoms with Gasteiger partial charge >= 0.3 is 0 Å². The van der Waals surface area contributed by atoms with E-state index in [-0.39, 0.29) is 5.41 Å². The molecule has 0 aliphatic heterocycles. The summed E-state index contributed by atoms with van der Waals surface area (Å²) in [5.41, 5.74) is 17.1. The van der Waals surface area contributed by atoms with Crippen LogP contribution in [0.4, 0.5) is 0 Å². The van der Waals surface area contributed by atoms with E-state index in [1.165, 1.54) is 74.6 Å². The number of fused-ring (bicyclic) bond motifs is 6. The average Bonchev–Trinajstić information content (AvgIpc) is 3.59. The van der Waals surface area contributed by atoms with Gasteiger partial charge in [0.25, 0.3) is 0 Å². The lowest BCUT2D eigenvalue weighted by Crippen LogP contribution is -2.36. The van der Waals surface area contributed by atoms with Crippen LogP contribution in [0.2, 0.25) is 0 Å². The van der Waals surface area contributed by atoms with E-state index in [1.54, 1.807) is 44.9 Å². The summed E-state index contributed by atoms with van der Waals surface area (Å²) in [7, 11) is 0. The molecule has 4 atom stereocenters. The van der Waals surface area contributed by atoms with Crippen LogP contribution in [0.5, 0.6) is 0 Å². The predicted molar refractivity (Wildman–Crippen MR) is 201 cm³/mol. The van der Waals surface area contributed by atoms with E-state index in [1.807, 2.05) is 0 Å². The summed E-state index contributed by atoms with van der Waals surface area (Å²) in [6.45, 7) is 7.59.